The fourth-order valence-corrected chi connectivity index (χ4v) is 6.22. The first-order valence-electron chi connectivity index (χ1n) is 14.2. The van der Waals surface area contributed by atoms with Crippen LogP contribution >= 0.6 is 0 Å². The summed E-state index contributed by atoms with van der Waals surface area (Å²) in [7, 11) is 0. The van der Waals surface area contributed by atoms with Gasteiger partial charge in [-0.3, -0.25) is 9.69 Å². The van der Waals surface area contributed by atoms with Crippen molar-refractivity contribution < 1.29 is 4.79 Å². The standard InChI is InChI=1S/C32H41N5O/c1-23(2)21-34-12-10-26(11-13-34)30-22-37(28-7-5-6-25(18-28)20-33)31-19-27(8-9-29(30)31)32(38)36-16-14-35(15-17-36)24(3)4/h5-9,18-19,22-24,26H,10-17,21H2,1-4H3. The summed E-state index contributed by atoms with van der Waals surface area (Å²) < 4.78 is 2.19. The molecule has 0 N–H and O–H groups in total. The number of amides is 1. The van der Waals surface area contributed by atoms with Crippen molar-refractivity contribution in [2.45, 2.75) is 52.5 Å². The van der Waals surface area contributed by atoms with Gasteiger partial charge in [0.2, 0.25) is 0 Å². The van der Waals surface area contributed by atoms with Gasteiger partial charge in [0.05, 0.1) is 17.1 Å². The second kappa shape index (κ2) is 11.3. The zero-order valence-corrected chi connectivity index (χ0v) is 23.4. The fourth-order valence-electron chi connectivity index (χ4n) is 6.22. The van der Waals surface area contributed by atoms with Crippen molar-refractivity contribution in [1.82, 2.24) is 19.3 Å². The van der Waals surface area contributed by atoms with E-state index in [0.29, 0.717) is 23.4 Å². The normalized spacial score (nSPS) is 18.0. The molecule has 2 aromatic carbocycles. The van der Waals surface area contributed by atoms with Crippen molar-refractivity contribution in [3.8, 4) is 11.8 Å². The maximum absolute atomic E-state index is 13.6. The van der Waals surface area contributed by atoms with Crippen molar-refractivity contribution >= 4 is 16.8 Å². The molecule has 3 heterocycles. The number of nitrogens with zero attached hydrogens (tertiary/aromatic N) is 5. The number of nitriles is 1. The highest BCUT2D eigenvalue weighted by atomic mass is 16.2. The minimum atomic E-state index is 0.109. The van der Waals surface area contributed by atoms with Crippen molar-refractivity contribution in [2.75, 3.05) is 45.8 Å². The van der Waals surface area contributed by atoms with Crippen molar-refractivity contribution in [3.05, 3.63) is 65.4 Å². The average Bonchev–Trinajstić information content (AvgIpc) is 3.32. The monoisotopic (exact) mass is 511 g/mol. The van der Waals surface area contributed by atoms with Crippen molar-refractivity contribution in [2.24, 2.45) is 5.92 Å². The molecule has 0 aliphatic carbocycles. The summed E-state index contributed by atoms with van der Waals surface area (Å²) in [5, 5.41) is 10.7. The van der Waals surface area contributed by atoms with E-state index in [0.717, 1.165) is 75.4 Å². The number of likely N-dealkylation sites (tertiary alicyclic amines) is 1. The SMILES string of the molecule is CC(C)CN1CCC(c2cn(-c3cccc(C#N)c3)c3cc(C(=O)N4CCN(C(C)C)CC4)ccc23)CC1. The topological polar surface area (TPSA) is 55.5 Å². The molecular weight excluding hydrogens is 470 g/mol. The molecule has 6 nitrogen and oxygen atoms in total. The highest BCUT2D eigenvalue weighted by Crippen LogP contribution is 2.36. The minimum Gasteiger partial charge on any atom is -0.336 e. The number of aromatic nitrogens is 1. The van der Waals surface area contributed by atoms with Gasteiger partial charge in [-0.1, -0.05) is 26.0 Å². The Kier molecular flexibility index (Phi) is 7.88. The molecule has 0 bridgehead atoms. The van der Waals surface area contributed by atoms with Crippen LogP contribution in [-0.4, -0.2) is 77.0 Å². The molecule has 2 saturated heterocycles. The Morgan fingerprint density at radius 3 is 2.37 bits per heavy atom. The second-order valence-corrected chi connectivity index (χ2v) is 11.7. The van der Waals surface area contributed by atoms with Crippen LogP contribution in [0, 0.1) is 17.2 Å². The number of rotatable bonds is 6. The molecule has 5 rings (SSSR count). The lowest BCUT2D eigenvalue weighted by molar-refractivity contribution is 0.0595. The molecule has 1 amide bonds. The second-order valence-electron chi connectivity index (χ2n) is 11.7. The lowest BCUT2D eigenvalue weighted by atomic mass is 9.88. The van der Waals surface area contributed by atoms with E-state index in [4.69, 9.17) is 0 Å². The summed E-state index contributed by atoms with van der Waals surface area (Å²) >= 11 is 0. The highest BCUT2D eigenvalue weighted by molar-refractivity contribution is 5.99. The number of piperidine rings is 1. The van der Waals surface area contributed by atoms with Crippen LogP contribution in [0.4, 0.5) is 0 Å². The van der Waals surface area contributed by atoms with E-state index in [-0.39, 0.29) is 5.91 Å². The van der Waals surface area contributed by atoms with Crippen LogP contribution in [0.1, 0.15) is 67.9 Å². The van der Waals surface area contributed by atoms with Crippen LogP contribution in [0.25, 0.3) is 16.6 Å². The quantitative estimate of drug-likeness (QED) is 0.438. The number of piperazine rings is 1. The Balaban J connectivity index is 1.48. The molecule has 0 atom stereocenters. The maximum atomic E-state index is 13.6. The van der Waals surface area contributed by atoms with Gasteiger partial charge in [0.15, 0.2) is 0 Å². The van der Waals surface area contributed by atoms with Gasteiger partial charge in [0.1, 0.15) is 0 Å². The van der Waals surface area contributed by atoms with Crippen LogP contribution in [0.5, 0.6) is 0 Å². The molecule has 0 unspecified atom stereocenters. The number of benzene rings is 2. The van der Waals surface area contributed by atoms with Crippen LogP contribution in [0.3, 0.4) is 0 Å². The molecule has 3 aromatic rings. The van der Waals surface area contributed by atoms with Crippen LogP contribution in [0.2, 0.25) is 0 Å². The third kappa shape index (κ3) is 5.50. The van der Waals surface area contributed by atoms with Gasteiger partial charge in [0.25, 0.3) is 5.91 Å². The van der Waals surface area contributed by atoms with E-state index in [1.165, 1.54) is 10.9 Å². The maximum Gasteiger partial charge on any atom is 0.254 e. The highest BCUT2D eigenvalue weighted by Gasteiger charge is 2.27. The smallest absolute Gasteiger partial charge is 0.254 e. The first kappa shape index (κ1) is 26.5. The average molecular weight is 512 g/mol. The van der Waals surface area contributed by atoms with Gasteiger partial charge in [-0.05, 0) is 87.5 Å². The number of fused-ring (bicyclic) bond motifs is 1. The Hall–Kier alpha value is -3.14. The summed E-state index contributed by atoms with van der Waals surface area (Å²) in [5.41, 5.74) is 4.75. The Morgan fingerprint density at radius 2 is 1.71 bits per heavy atom. The van der Waals surface area contributed by atoms with E-state index in [1.807, 2.05) is 29.2 Å². The molecule has 2 aliphatic rings. The van der Waals surface area contributed by atoms with E-state index in [1.54, 1.807) is 0 Å². The molecule has 2 fully saturated rings. The number of hydrogen-bond donors (Lipinski definition) is 0. The van der Waals surface area contributed by atoms with Crippen LogP contribution < -0.4 is 0 Å². The largest absolute Gasteiger partial charge is 0.336 e. The molecule has 0 radical (unpaired) electrons. The zero-order chi connectivity index (χ0) is 26.8. The Bertz CT molecular complexity index is 1320. The Morgan fingerprint density at radius 1 is 0.974 bits per heavy atom. The summed E-state index contributed by atoms with van der Waals surface area (Å²) in [6, 6.07) is 16.8. The lowest BCUT2D eigenvalue weighted by Crippen LogP contribution is -2.50. The summed E-state index contributed by atoms with van der Waals surface area (Å²) in [6.07, 6.45) is 4.55. The van der Waals surface area contributed by atoms with E-state index < -0.39 is 0 Å². The van der Waals surface area contributed by atoms with Gasteiger partial charge in [-0.15, -0.1) is 0 Å². The third-order valence-corrected chi connectivity index (χ3v) is 8.32. The van der Waals surface area contributed by atoms with Crippen LogP contribution in [0.15, 0.2) is 48.7 Å². The zero-order valence-electron chi connectivity index (χ0n) is 23.4. The Labute approximate surface area is 227 Å². The number of hydrogen-bond acceptors (Lipinski definition) is 4. The summed E-state index contributed by atoms with van der Waals surface area (Å²) in [5.74, 6) is 1.29. The minimum absolute atomic E-state index is 0.109. The van der Waals surface area contributed by atoms with Crippen LogP contribution in [-0.2, 0) is 0 Å². The molecule has 0 spiro atoms. The molecular formula is C32H41N5O. The first-order valence-corrected chi connectivity index (χ1v) is 14.2. The molecule has 38 heavy (non-hydrogen) atoms. The summed E-state index contributed by atoms with van der Waals surface area (Å²) in [6.45, 7) is 15.8. The molecule has 6 heteroatoms. The first-order chi connectivity index (χ1) is 18.3. The molecule has 200 valence electrons. The third-order valence-electron chi connectivity index (χ3n) is 8.32. The van der Waals surface area contributed by atoms with Gasteiger partial charge in [0, 0.05) is 61.6 Å². The van der Waals surface area contributed by atoms with Gasteiger partial charge < -0.3 is 14.4 Å². The predicted octanol–water partition coefficient (Wildman–Crippen LogP) is 5.50. The molecule has 1 aromatic heterocycles. The van der Waals surface area contributed by atoms with Crippen molar-refractivity contribution in [1.29, 1.82) is 5.26 Å². The molecule has 0 saturated carbocycles. The molecule has 2 aliphatic heterocycles. The number of carbonyl (C=O) groups is 1. The number of carbonyl (C=O) groups excluding carboxylic acids is 1. The predicted molar refractivity (Wildman–Crippen MR) is 154 cm³/mol. The van der Waals surface area contributed by atoms with Gasteiger partial charge in [-0.25, -0.2) is 0 Å². The van der Waals surface area contributed by atoms with Gasteiger partial charge >= 0.3 is 0 Å². The van der Waals surface area contributed by atoms with E-state index in [9.17, 15) is 10.1 Å². The lowest BCUT2D eigenvalue weighted by Gasteiger charge is -2.37. The van der Waals surface area contributed by atoms with Crippen molar-refractivity contribution in [3.63, 3.8) is 0 Å². The van der Waals surface area contributed by atoms with E-state index in [2.05, 4.69) is 72.5 Å². The van der Waals surface area contributed by atoms with Gasteiger partial charge in [-0.2, -0.15) is 5.26 Å². The summed E-state index contributed by atoms with van der Waals surface area (Å²) in [4.78, 5) is 20.6. The van der Waals surface area contributed by atoms with E-state index >= 15 is 0 Å². The fraction of sp³-hybridized carbons (Fsp3) is 0.500.